The lowest BCUT2D eigenvalue weighted by Crippen LogP contribution is -2.09. The molecule has 1 N–H and O–H groups in total. The Morgan fingerprint density at radius 2 is 1.96 bits per heavy atom. The lowest BCUT2D eigenvalue weighted by atomic mass is 10.1. The minimum atomic E-state index is 0.225. The van der Waals surface area contributed by atoms with Crippen LogP contribution in [0.1, 0.15) is 32.5 Å². The van der Waals surface area contributed by atoms with Crippen LogP contribution in [0.4, 0.5) is 5.69 Å². The summed E-state index contributed by atoms with van der Waals surface area (Å²) in [6.07, 6.45) is 0. The van der Waals surface area contributed by atoms with Crippen molar-refractivity contribution in [3.63, 3.8) is 0 Å². The summed E-state index contributed by atoms with van der Waals surface area (Å²) >= 11 is 6.17. The Balaban J connectivity index is 0.000000948. The molecule has 136 valence electrons. The monoisotopic (exact) mass is 370 g/mol. The van der Waals surface area contributed by atoms with Crippen molar-refractivity contribution in [2.75, 3.05) is 19.0 Å². The van der Waals surface area contributed by atoms with Gasteiger partial charge in [0.1, 0.15) is 11.6 Å². The van der Waals surface area contributed by atoms with E-state index in [0.717, 1.165) is 40.9 Å². The van der Waals surface area contributed by atoms with Gasteiger partial charge in [-0.15, -0.1) is 10.2 Å². The molecule has 0 bridgehead atoms. The van der Waals surface area contributed by atoms with E-state index in [4.69, 9.17) is 16.3 Å². The Morgan fingerprint density at radius 1 is 1.15 bits per heavy atom. The number of rotatable bonds is 2. The Labute approximate surface area is 159 Å². The lowest BCUT2D eigenvalue weighted by Gasteiger charge is -2.13. The molecule has 26 heavy (non-hydrogen) atoms. The summed E-state index contributed by atoms with van der Waals surface area (Å²) in [5, 5.41) is 13.1. The molecular weight excluding hydrogens is 348 g/mol. The zero-order valence-corrected chi connectivity index (χ0v) is 16.2. The van der Waals surface area contributed by atoms with Crippen LogP contribution in [0.25, 0.3) is 17.1 Å². The van der Waals surface area contributed by atoms with Crippen molar-refractivity contribution in [3.05, 3.63) is 53.3 Å². The molecule has 0 amide bonds. The Morgan fingerprint density at radius 3 is 2.73 bits per heavy atom. The van der Waals surface area contributed by atoms with Crippen LogP contribution in [-0.4, -0.2) is 28.4 Å². The highest BCUT2D eigenvalue weighted by molar-refractivity contribution is 6.31. The summed E-state index contributed by atoms with van der Waals surface area (Å²) in [7, 11) is 1.66. The fraction of sp³-hybridized carbons (Fsp3) is 0.300. The minimum Gasteiger partial charge on any atom is -0.497 e. The number of nitrogens with one attached hydrogen (secondary N) is 1. The maximum Gasteiger partial charge on any atom is 0.168 e. The summed E-state index contributed by atoms with van der Waals surface area (Å²) in [4.78, 5) is 0. The second-order valence-corrected chi connectivity index (χ2v) is 6.33. The fourth-order valence-electron chi connectivity index (χ4n) is 3.00. The number of fused-ring (bicyclic) bond motifs is 3. The van der Waals surface area contributed by atoms with Crippen molar-refractivity contribution in [3.8, 4) is 22.8 Å². The Kier molecular flexibility index (Phi) is 5.47. The number of halogens is 1. The molecule has 1 aliphatic rings. The third kappa shape index (κ3) is 3.27. The number of anilines is 1. The molecule has 0 saturated heterocycles. The largest absolute Gasteiger partial charge is 0.497 e. The number of ether oxygens (including phenoxy) is 1. The second-order valence-electron chi connectivity index (χ2n) is 5.89. The molecular formula is C20H23ClN4O. The number of methoxy groups -OCH3 is 1. The van der Waals surface area contributed by atoms with Gasteiger partial charge in [-0.05, 0) is 30.3 Å². The van der Waals surface area contributed by atoms with Gasteiger partial charge in [0.2, 0.25) is 0 Å². The number of hydrogen-bond donors (Lipinski definition) is 1. The van der Waals surface area contributed by atoms with Gasteiger partial charge < -0.3 is 10.1 Å². The predicted octanol–water partition coefficient (Wildman–Crippen LogP) is 5.15. The summed E-state index contributed by atoms with van der Waals surface area (Å²) in [6.45, 7) is 6.92. The average molecular weight is 371 g/mol. The van der Waals surface area contributed by atoms with Gasteiger partial charge in [0.25, 0.3) is 0 Å². The fourth-order valence-corrected chi connectivity index (χ4v) is 3.17. The van der Waals surface area contributed by atoms with E-state index in [2.05, 4.69) is 27.0 Å². The molecule has 2 aromatic carbocycles. The molecule has 0 spiro atoms. The first kappa shape index (κ1) is 18.3. The van der Waals surface area contributed by atoms with Crippen molar-refractivity contribution >= 4 is 17.3 Å². The highest BCUT2D eigenvalue weighted by atomic mass is 35.5. The quantitative estimate of drug-likeness (QED) is 0.677. The molecule has 4 rings (SSSR count). The molecule has 1 aromatic heterocycles. The standard InChI is InChI=1S/C18H17ClN4O.C2H6/c1-11-10-20-15-9-13(19)6-7-16(15)23-17(11)21-22-18(23)12-4-3-5-14(8-12)24-2;1-2/h3-9,11,20H,10H2,1-2H3;1-2H3. The maximum atomic E-state index is 6.17. The molecule has 1 unspecified atom stereocenters. The van der Waals surface area contributed by atoms with Crippen molar-refractivity contribution in [1.82, 2.24) is 14.8 Å². The van der Waals surface area contributed by atoms with Crippen LogP contribution in [0.2, 0.25) is 5.02 Å². The first-order valence-corrected chi connectivity index (χ1v) is 9.18. The minimum absolute atomic E-state index is 0.225. The number of benzene rings is 2. The van der Waals surface area contributed by atoms with E-state index in [1.807, 2.05) is 56.3 Å². The van der Waals surface area contributed by atoms with Crippen LogP contribution in [0.3, 0.4) is 0 Å². The normalized spacial score (nSPS) is 14.9. The van der Waals surface area contributed by atoms with Crippen LogP contribution in [0.5, 0.6) is 5.75 Å². The van der Waals surface area contributed by atoms with Crippen LogP contribution in [0, 0.1) is 0 Å². The molecule has 5 nitrogen and oxygen atoms in total. The van der Waals surface area contributed by atoms with Gasteiger partial charge in [-0.3, -0.25) is 4.57 Å². The van der Waals surface area contributed by atoms with Crippen molar-refractivity contribution < 1.29 is 4.74 Å². The Bertz CT molecular complexity index is 907. The topological polar surface area (TPSA) is 52.0 Å². The number of aromatic nitrogens is 3. The molecule has 6 heteroatoms. The molecule has 1 aliphatic heterocycles. The summed E-state index contributed by atoms with van der Waals surface area (Å²) in [6, 6.07) is 13.7. The maximum absolute atomic E-state index is 6.17. The summed E-state index contributed by atoms with van der Waals surface area (Å²) in [5.74, 6) is 2.74. The average Bonchev–Trinajstić information content (AvgIpc) is 3.07. The van der Waals surface area contributed by atoms with Gasteiger partial charge >= 0.3 is 0 Å². The van der Waals surface area contributed by atoms with Gasteiger partial charge in [0.15, 0.2) is 5.82 Å². The van der Waals surface area contributed by atoms with Gasteiger partial charge in [-0.2, -0.15) is 0 Å². The molecule has 0 aliphatic carbocycles. The van der Waals surface area contributed by atoms with Gasteiger partial charge in [-0.1, -0.05) is 44.5 Å². The SMILES string of the molecule is CC.COc1cccc(-c2nnc3n2-c2ccc(Cl)cc2NCC3C)c1. The van der Waals surface area contributed by atoms with E-state index >= 15 is 0 Å². The van der Waals surface area contributed by atoms with E-state index in [1.54, 1.807) is 7.11 Å². The van der Waals surface area contributed by atoms with Gasteiger partial charge in [0, 0.05) is 23.0 Å². The van der Waals surface area contributed by atoms with E-state index in [9.17, 15) is 0 Å². The highest BCUT2D eigenvalue weighted by Gasteiger charge is 2.25. The zero-order valence-electron chi connectivity index (χ0n) is 15.5. The lowest BCUT2D eigenvalue weighted by molar-refractivity contribution is 0.415. The molecule has 0 saturated carbocycles. The first-order chi connectivity index (χ1) is 12.7. The predicted molar refractivity (Wildman–Crippen MR) is 107 cm³/mol. The highest BCUT2D eigenvalue weighted by Crippen LogP contribution is 2.35. The number of nitrogens with zero attached hydrogens (tertiary/aromatic N) is 3. The van der Waals surface area contributed by atoms with Gasteiger partial charge in [0.05, 0.1) is 18.5 Å². The van der Waals surface area contributed by atoms with Crippen molar-refractivity contribution in [1.29, 1.82) is 0 Å². The van der Waals surface area contributed by atoms with Crippen LogP contribution in [-0.2, 0) is 0 Å². The molecule has 0 fully saturated rings. The summed E-state index contributed by atoms with van der Waals surface area (Å²) < 4.78 is 7.44. The van der Waals surface area contributed by atoms with E-state index in [-0.39, 0.29) is 5.92 Å². The third-order valence-electron chi connectivity index (χ3n) is 4.25. The van der Waals surface area contributed by atoms with Crippen LogP contribution < -0.4 is 10.1 Å². The second kappa shape index (κ2) is 7.79. The smallest absolute Gasteiger partial charge is 0.168 e. The first-order valence-electron chi connectivity index (χ1n) is 8.81. The molecule has 1 atom stereocenters. The molecule has 3 aromatic rings. The van der Waals surface area contributed by atoms with Gasteiger partial charge in [-0.25, -0.2) is 0 Å². The Hall–Kier alpha value is -2.53. The van der Waals surface area contributed by atoms with E-state index in [0.29, 0.717) is 5.02 Å². The third-order valence-corrected chi connectivity index (χ3v) is 4.49. The van der Waals surface area contributed by atoms with E-state index in [1.165, 1.54) is 0 Å². The van der Waals surface area contributed by atoms with Crippen LogP contribution in [0.15, 0.2) is 42.5 Å². The summed E-state index contributed by atoms with van der Waals surface area (Å²) in [5.41, 5.74) is 2.95. The number of hydrogen-bond acceptors (Lipinski definition) is 4. The zero-order chi connectivity index (χ0) is 18.7. The van der Waals surface area contributed by atoms with Crippen LogP contribution >= 0.6 is 11.6 Å². The van der Waals surface area contributed by atoms with Crippen molar-refractivity contribution in [2.24, 2.45) is 0 Å². The molecule has 0 radical (unpaired) electrons. The van der Waals surface area contributed by atoms with Crippen molar-refractivity contribution in [2.45, 2.75) is 26.7 Å². The molecule has 2 heterocycles. The van der Waals surface area contributed by atoms with E-state index < -0.39 is 0 Å².